The predicted molar refractivity (Wildman–Crippen MR) is 105 cm³/mol. The van der Waals surface area contributed by atoms with E-state index in [4.69, 9.17) is 0 Å². The Morgan fingerprint density at radius 2 is 1.19 bits per heavy atom. The molecule has 0 spiro atoms. The van der Waals surface area contributed by atoms with Crippen molar-refractivity contribution in [1.82, 2.24) is 0 Å². The summed E-state index contributed by atoms with van der Waals surface area (Å²) < 4.78 is 0. The fourth-order valence-electron chi connectivity index (χ4n) is 3.27. The molecule has 1 aromatic rings. The number of carbonyl (C=O) groups excluding carboxylic acids is 6. The summed E-state index contributed by atoms with van der Waals surface area (Å²) in [4.78, 5) is 75.6. The molecule has 0 aliphatic carbocycles. The Balaban J connectivity index is 3.97. The average molecular weight is 452 g/mol. The highest BCUT2D eigenvalue weighted by molar-refractivity contribution is 6.51. The van der Waals surface area contributed by atoms with Crippen LogP contribution in [0.2, 0.25) is 0 Å². The third-order valence-corrected chi connectivity index (χ3v) is 5.23. The van der Waals surface area contributed by atoms with Crippen LogP contribution < -0.4 is 0 Å². The van der Waals surface area contributed by atoms with E-state index in [9.17, 15) is 54.3 Å². The maximum atomic E-state index is 13.0. The fraction of sp³-hybridized carbons (Fsp3) is 0.429. The van der Waals surface area contributed by atoms with Gasteiger partial charge in [0, 0.05) is 5.56 Å². The van der Waals surface area contributed by atoms with E-state index in [0.717, 1.165) is 19.1 Å². The highest BCUT2D eigenvalue weighted by atomic mass is 16.4. The summed E-state index contributed by atoms with van der Waals surface area (Å²) in [5.41, 5.74) is -12.9. The quantitative estimate of drug-likeness (QED) is 0.137. The van der Waals surface area contributed by atoms with Gasteiger partial charge in [0.1, 0.15) is 6.10 Å². The fourth-order valence-corrected chi connectivity index (χ4v) is 3.27. The molecule has 0 amide bonds. The van der Waals surface area contributed by atoms with Crippen LogP contribution in [0.1, 0.15) is 38.1 Å². The lowest BCUT2D eigenvalue weighted by atomic mass is 9.61. The van der Waals surface area contributed by atoms with E-state index >= 15 is 0 Å². The monoisotopic (exact) mass is 452 g/mol. The summed E-state index contributed by atoms with van der Waals surface area (Å²) in [6.07, 6.45) is -4.54. The molecule has 0 fully saturated rings. The molecule has 174 valence electrons. The molecule has 0 bridgehead atoms. The summed E-state index contributed by atoms with van der Waals surface area (Å²) in [5, 5.41) is 52.5. The molecular formula is C21H24O11. The van der Waals surface area contributed by atoms with Crippen molar-refractivity contribution in [2.24, 2.45) is 0 Å². The summed E-state index contributed by atoms with van der Waals surface area (Å²) in [7, 11) is 0. The number of hydrogen-bond donors (Lipinski definition) is 5. The van der Waals surface area contributed by atoms with Crippen molar-refractivity contribution in [3.05, 3.63) is 35.9 Å². The first-order valence-electron chi connectivity index (χ1n) is 9.27. The third-order valence-electron chi connectivity index (χ3n) is 5.23. The number of Topliss-reactive ketones (excluding diaryl/α,β-unsaturated/α-hetero) is 6. The van der Waals surface area contributed by atoms with Crippen LogP contribution in [0.5, 0.6) is 0 Å². The molecule has 5 N–H and O–H groups in total. The van der Waals surface area contributed by atoms with Crippen LogP contribution in [-0.2, 0) is 24.0 Å². The van der Waals surface area contributed by atoms with Crippen LogP contribution in [0.25, 0.3) is 0 Å². The number of hydrogen-bond acceptors (Lipinski definition) is 11. The van der Waals surface area contributed by atoms with E-state index in [1.165, 1.54) is 18.2 Å². The second kappa shape index (κ2) is 9.27. The number of carbonyl (C=O) groups is 6. The number of ketones is 6. The smallest absolute Gasteiger partial charge is 0.246 e. The molecule has 0 heterocycles. The number of benzene rings is 1. The highest BCUT2D eigenvalue weighted by Gasteiger charge is 2.76. The molecule has 0 aliphatic heterocycles. The Bertz CT molecular complexity index is 967. The Morgan fingerprint density at radius 3 is 1.53 bits per heavy atom. The van der Waals surface area contributed by atoms with E-state index in [0.29, 0.717) is 20.8 Å². The van der Waals surface area contributed by atoms with E-state index < -0.39 is 63.7 Å². The molecule has 1 aromatic carbocycles. The van der Waals surface area contributed by atoms with Crippen molar-refractivity contribution in [2.75, 3.05) is 0 Å². The van der Waals surface area contributed by atoms with Gasteiger partial charge in [0.25, 0.3) is 0 Å². The molecule has 0 radical (unpaired) electrons. The van der Waals surface area contributed by atoms with Crippen molar-refractivity contribution < 1.29 is 54.3 Å². The van der Waals surface area contributed by atoms with Gasteiger partial charge in [0.2, 0.25) is 34.2 Å². The van der Waals surface area contributed by atoms with Gasteiger partial charge in [0.15, 0.2) is 17.3 Å². The van der Waals surface area contributed by atoms with Crippen LogP contribution in [0, 0.1) is 0 Å². The Labute approximate surface area is 182 Å². The SMILES string of the molecule is CC(=O)[C@@](O)(C(=O)C(O)C(C)O)[C@@](O)(C(C)=O)[C@](O)(C(C)=O)C(=O)C(=O)c1ccccc1. The largest absolute Gasteiger partial charge is 0.390 e. The molecule has 0 aromatic heterocycles. The third kappa shape index (κ3) is 3.85. The lowest BCUT2D eigenvalue weighted by molar-refractivity contribution is -0.225. The van der Waals surface area contributed by atoms with E-state index in [-0.39, 0.29) is 5.56 Å². The maximum absolute atomic E-state index is 13.0. The lowest BCUT2D eigenvalue weighted by Gasteiger charge is -2.46. The van der Waals surface area contributed by atoms with Gasteiger partial charge in [-0.15, -0.1) is 0 Å². The lowest BCUT2D eigenvalue weighted by Crippen LogP contribution is -2.82. The van der Waals surface area contributed by atoms with Crippen molar-refractivity contribution in [3.63, 3.8) is 0 Å². The van der Waals surface area contributed by atoms with Gasteiger partial charge < -0.3 is 25.5 Å². The Kier molecular flexibility index (Phi) is 7.84. The summed E-state index contributed by atoms with van der Waals surface area (Å²) in [6, 6.07) is 6.31. The number of aliphatic hydroxyl groups excluding tert-OH is 2. The number of aliphatic hydroxyl groups is 5. The minimum Gasteiger partial charge on any atom is -0.390 e. The van der Waals surface area contributed by atoms with E-state index in [1.807, 2.05) is 0 Å². The van der Waals surface area contributed by atoms with Crippen molar-refractivity contribution >= 4 is 34.7 Å². The van der Waals surface area contributed by atoms with Crippen molar-refractivity contribution in [1.29, 1.82) is 0 Å². The standard InChI is InChI=1S/C21H24O11/c1-10(22)15(26)17(28)19(30,11(2)23)21(32,13(4)25)20(31,12(3)24)18(29)16(27)14-8-6-5-7-9-14/h5-10,15,22,26,30-32H,1-4H3/t10?,15?,19-,20+,21+/m1/s1. The molecule has 11 heteroatoms. The van der Waals surface area contributed by atoms with Crippen molar-refractivity contribution in [3.8, 4) is 0 Å². The molecule has 0 saturated heterocycles. The van der Waals surface area contributed by atoms with E-state index in [2.05, 4.69) is 0 Å². The van der Waals surface area contributed by atoms with Crippen LogP contribution >= 0.6 is 0 Å². The maximum Gasteiger partial charge on any atom is 0.246 e. The van der Waals surface area contributed by atoms with Gasteiger partial charge in [0.05, 0.1) is 6.10 Å². The first kappa shape index (κ1) is 27.1. The number of rotatable bonds is 11. The summed E-state index contributed by atoms with van der Waals surface area (Å²) in [6.45, 7) is 2.23. The molecule has 1 rings (SSSR count). The topological polar surface area (TPSA) is 204 Å². The first-order valence-corrected chi connectivity index (χ1v) is 9.27. The van der Waals surface area contributed by atoms with Crippen molar-refractivity contribution in [2.45, 2.75) is 56.7 Å². The molecular weight excluding hydrogens is 428 g/mol. The minimum atomic E-state index is -4.24. The average Bonchev–Trinajstić information content (AvgIpc) is 2.74. The second-order valence-electron chi connectivity index (χ2n) is 7.37. The van der Waals surface area contributed by atoms with Crippen LogP contribution in [0.4, 0.5) is 0 Å². The summed E-state index contributed by atoms with van der Waals surface area (Å²) >= 11 is 0. The van der Waals surface area contributed by atoms with Crippen LogP contribution in [0.3, 0.4) is 0 Å². The molecule has 32 heavy (non-hydrogen) atoms. The minimum absolute atomic E-state index is 0.384. The highest BCUT2D eigenvalue weighted by Crippen LogP contribution is 2.39. The zero-order chi connectivity index (χ0) is 25.2. The van der Waals surface area contributed by atoms with Gasteiger partial charge in [-0.25, -0.2) is 0 Å². The normalized spacial score (nSPS) is 18.8. The molecule has 0 aliphatic rings. The van der Waals surface area contributed by atoms with Crippen LogP contribution in [-0.4, -0.2) is 89.2 Å². The summed E-state index contributed by atoms with van der Waals surface area (Å²) in [5.74, 6) is -11.1. The van der Waals surface area contributed by atoms with Gasteiger partial charge >= 0.3 is 0 Å². The van der Waals surface area contributed by atoms with E-state index in [1.54, 1.807) is 0 Å². The predicted octanol–water partition coefficient (Wildman–Crippen LogP) is -2.29. The second-order valence-corrected chi connectivity index (χ2v) is 7.37. The Hall–Kier alpha value is -2.96. The van der Waals surface area contributed by atoms with Gasteiger partial charge in [-0.3, -0.25) is 28.8 Å². The first-order chi connectivity index (χ1) is 14.5. The molecule has 11 nitrogen and oxygen atoms in total. The zero-order valence-electron chi connectivity index (χ0n) is 17.7. The Morgan fingerprint density at radius 1 is 0.750 bits per heavy atom. The molecule has 5 atom stereocenters. The molecule has 0 saturated carbocycles. The van der Waals surface area contributed by atoms with Gasteiger partial charge in [-0.1, -0.05) is 30.3 Å². The van der Waals surface area contributed by atoms with Crippen LogP contribution in [0.15, 0.2) is 30.3 Å². The zero-order valence-corrected chi connectivity index (χ0v) is 17.7. The van der Waals surface area contributed by atoms with Gasteiger partial charge in [-0.05, 0) is 27.7 Å². The molecule has 2 unspecified atom stereocenters. The van der Waals surface area contributed by atoms with Gasteiger partial charge in [-0.2, -0.15) is 0 Å².